The lowest BCUT2D eigenvalue weighted by atomic mass is 10.1. The summed E-state index contributed by atoms with van der Waals surface area (Å²) in [6, 6.07) is 8.48. The molecule has 17 heavy (non-hydrogen) atoms. The fourth-order valence-electron chi connectivity index (χ4n) is 1.41. The number of furan rings is 1. The summed E-state index contributed by atoms with van der Waals surface area (Å²) >= 11 is 5.83. The Balaban J connectivity index is 2.07. The van der Waals surface area contributed by atoms with E-state index in [0.29, 0.717) is 22.9 Å². The molecule has 0 radical (unpaired) electrons. The molecule has 0 aliphatic rings. The molecule has 0 aliphatic heterocycles. The van der Waals surface area contributed by atoms with E-state index in [9.17, 15) is 4.79 Å². The molecule has 88 valence electrons. The van der Waals surface area contributed by atoms with Crippen LogP contribution in [-0.2, 0) is 6.54 Å². The summed E-state index contributed by atoms with van der Waals surface area (Å²) in [6.07, 6.45) is 1.55. The summed E-state index contributed by atoms with van der Waals surface area (Å²) in [5, 5.41) is 3.07. The van der Waals surface area contributed by atoms with Crippen molar-refractivity contribution >= 4 is 23.2 Å². The Labute approximate surface area is 103 Å². The number of nitrogens with two attached hydrogens (primary N) is 1. The van der Waals surface area contributed by atoms with Crippen LogP contribution in [0.5, 0.6) is 0 Å². The van der Waals surface area contributed by atoms with Crippen molar-refractivity contribution < 1.29 is 9.21 Å². The number of benzene rings is 1. The quantitative estimate of drug-likeness (QED) is 0.822. The first-order valence-electron chi connectivity index (χ1n) is 5.03. The highest BCUT2D eigenvalue weighted by Crippen LogP contribution is 2.22. The van der Waals surface area contributed by atoms with Gasteiger partial charge in [0.05, 0.1) is 29.1 Å². The molecular weight excluding hydrogens is 240 g/mol. The fourth-order valence-corrected chi connectivity index (χ4v) is 1.59. The van der Waals surface area contributed by atoms with Crippen molar-refractivity contribution in [1.82, 2.24) is 5.32 Å². The predicted octanol–water partition coefficient (Wildman–Crippen LogP) is 2.45. The second-order valence-electron chi connectivity index (χ2n) is 3.46. The lowest BCUT2D eigenvalue weighted by Gasteiger charge is -2.07. The van der Waals surface area contributed by atoms with Crippen molar-refractivity contribution in [3.8, 4) is 0 Å². The third-order valence-corrected chi connectivity index (χ3v) is 2.63. The second-order valence-corrected chi connectivity index (χ2v) is 3.87. The van der Waals surface area contributed by atoms with E-state index < -0.39 is 0 Å². The molecular formula is C12H11ClN2O2. The number of halogens is 1. The molecule has 5 heteroatoms. The molecule has 0 spiro atoms. The monoisotopic (exact) mass is 250 g/mol. The fraction of sp³-hybridized carbons (Fsp3) is 0.0833. The van der Waals surface area contributed by atoms with E-state index in [2.05, 4.69) is 5.32 Å². The molecule has 2 rings (SSSR count). The van der Waals surface area contributed by atoms with Crippen molar-refractivity contribution in [1.29, 1.82) is 0 Å². The van der Waals surface area contributed by atoms with Crippen molar-refractivity contribution in [2.45, 2.75) is 6.54 Å². The number of carbonyl (C=O) groups is 1. The number of anilines is 1. The van der Waals surface area contributed by atoms with Gasteiger partial charge in [-0.1, -0.05) is 17.7 Å². The van der Waals surface area contributed by atoms with E-state index in [1.54, 1.807) is 36.6 Å². The summed E-state index contributed by atoms with van der Waals surface area (Å²) in [4.78, 5) is 11.8. The predicted molar refractivity (Wildman–Crippen MR) is 65.7 cm³/mol. The average Bonchev–Trinajstić information content (AvgIpc) is 2.82. The standard InChI is InChI=1S/C12H11ClN2O2/c13-10-5-1-4-9(11(10)14)12(16)15-7-8-3-2-6-17-8/h1-6H,7,14H2,(H,15,16). The first-order chi connectivity index (χ1) is 8.18. The maximum absolute atomic E-state index is 11.8. The van der Waals surface area contributed by atoms with Crippen molar-refractivity contribution in [2.24, 2.45) is 0 Å². The van der Waals surface area contributed by atoms with E-state index in [1.807, 2.05) is 0 Å². The lowest BCUT2D eigenvalue weighted by molar-refractivity contribution is 0.0949. The van der Waals surface area contributed by atoms with E-state index in [1.165, 1.54) is 0 Å². The zero-order chi connectivity index (χ0) is 12.3. The van der Waals surface area contributed by atoms with Crippen LogP contribution in [0.2, 0.25) is 5.02 Å². The number of nitrogens with one attached hydrogen (secondary N) is 1. The van der Waals surface area contributed by atoms with E-state index in [-0.39, 0.29) is 11.6 Å². The van der Waals surface area contributed by atoms with E-state index in [4.69, 9.17) is 21.8 Å². The van der Waals surface area contributed by atoms with Gasteiger partial charge in [-0.25, -0.2) is 0 Å². The van der Waals surface area contributed by atoms with Crippen LogP contribution in [0.25, 0.3) is 0 Å². The van der Waals surface area contributed by atoms with Crippen LogP contribution in [0.3, 0.4) is 0 Å². The third-order valence-electron chi connectivity index (χ3n) is 2.30. The molecule has 1 heterocycles. The van der Waals surface area contributed by atoms with E-state index >= 15 is 0 Å². The van der Waals surface area contributed by atoms with Crippen LogP contribution < -0.4 is 11.1 Å². The molecule has 0 aliphatic carbocycles. The summed E-state index contributed by atoms with van der Waals surface area (Å²) in [6.45, 7) is 0.317. The van der Waals surface area contributed by atoms with E-state index in [0.717, 1.165) is 0 Å². The highest BCUT2D eigenvalue weighted by molar-refractivity contribution is 6.33. The Morgan fingerprint density at radius 1 is 1.35 bits per heavy atom. The molecule has 0 saturated carbocycles. The molecule has 0 unspecified atom stereocenters. The van der Waals surface area contributed by atoms with Gasteiger partial charge >= 0.3 is 0 Å². The Hall–Kier alpha value is -1.94. The normalized spacial score (nSPS) is 10.2. The highest BCUT2D eigenvalue weighted by atomic mass is 35.5. The Kier molecular flexibility index (Phi) is 3.35. The maximum Gasteiger partial charge on any atom is 0.253 e. The molecule has 0 bridgehead atoms. The van der Waals surface area contributed by atoms with Crippen molar-refractivity contribution in [2.75, 3.05) is 5.73 Å². The number of nitrogen functional groups attached to an aromatic ring is 1. The number of amides is 1. The number of carbonyl (C=O) groups excluding carboxylic acids is 1. The summed E-state index contributed by atoms with van der Waals surface area (Å²) in [5.41, 5.74) is 6.36. The van der Waals surface area contributed by atoms with Gasteiger partial charge in [0.2, 0.25) is 0 Å². The summed E-state index contributed by atoms with van der Waals surface area (Å²) < 4.78 is 5.10. The van der Waals surface area contributed by atoms with Crippen LogP contribution in [0, 0.1) is 0 Å². The SMILES string of the molecule is Nc1c(Cl)cccc1C(=O)NCc1ccco1. The molecule has 3 N–H and O–H groups in total. The molecule has 1 aromatic heterocycles. The molecule has 4 nitrogen and oxygen atoms in total. The minimum Gasteiger partial charge on any atom is -0.467 e. The van der Waals surface area contributed by atoms with Gasteiger partial charge in [-0.3, -0.25) is 4.79 Å². The zero-order valence-electron chi connectivity index (χ0n) is 8.94. The first kappa shape index (κ1) is 11.5. The van der Waals surface area contributed by atoms with Crippen molar-refractivity contribution in [3.05, 3.63) is 52.9 Å². The van der Waals surface area contributed by atoms with Gasteiger partial charge in [0, 0.05) is 0 Å². The van der Waals surface area contributed by atoms with Gasteiger partial charge in [0.25, 0.3) is 5.91 Å². The number of para-hydroxylation sites is 1. The maximum atomic E-state index is 11.8. The molecule has 0 atom stereocenters. The molecule has 1 amide bonds. The van der Waals surface area contributed by atoms with Gasteiger partial charge in [0.1, 0.15) is 5.76 Å². The first-order valence-corrected chi connectivity index (χ1v) is 5.41. The minimum atomic E-state index is -0.276. The second kappa shape index (κ2) is 4.93. The minimum absolute atomic E-state index is 0.276. The number of hydrogen-bond donors (Lipinski definition) is 2. The van der Waals surface area contributed by atoms with Gasteiger partial charge in [-0.2, -0.15) is 0 Å². The number of hydrogen-bond acceptors (Lipinski definition) is 3. The zero-order valence-corrected chi connectivity index (χ0v) is 9.70. The topological polar surface area (TPSA) is 68.3 Å². The summed E-state index contributed by atoms with van der Waals surface area (Å²) in [7, 11) is 0. The Bertz CT molecular complexity index is 523. The Morgan fingerprint density at radius 3 is 2.88 bits per heavy atom. The van der Waals surface area contributed by atoms with Gasteiger partial charge in [-0.15, -0.1) is 0 Å². The molecule has 0 saturated heterocycles. The summed E-state index contributed by atoms with van der Waals surface area (Å²) in [5.74, 6) is 0.403. The third kappa shape index (κ3) is 2.60. The van der Waals surface area contributed by atoms with Gasteiger partial charge in [-0.05, 0) is 24.3 Å². The molecule has 2 aromatic rings. The smallest absolute Gasteiger partial charge is 0.253 e. The highest BCUT2D eigenvalue weighted by Gasteiger charge is 2.11. The van der Waals surface area contributed by atoms with Crippen LogP contribution in [0.4, 0.5) is 5.69 Å². The number of rotatable bonds is 3. The van der Waals surface area contributed by atoms with Crippen LogP contribution >= 0.6 is 11.6 Å². The largest absolute Gasteiger partial charge is 0.467 e. The van der Waals surface area contributed by atoms with Gasteiger partial charge in [0.15, 0.2) is 0 Å². The Morgan fingerprint density at radius 2 is 2.18 bits per heavy atom. The van der Waals surface area contributed by atoms with Crippen molar-refractivity contribution in [3.63, 3.8) is 0 Å². The van der Waals surface area contributed by atoms with Crippen LogP contribution in [-0.4, -0.2) is 5.91 Å². The molecule has 0 fully saturated rings. The van der Waals surface area contributed by atoms with Crippen LogP contribution in [0.15, 0.2) is 41.0 Å². The molecule has 1 aromatic carbocycles. The average molecular weight is 251 g/mol. The van der Waals surface area contributed by atoms with Crippen LogP contribution in [0.1, 0.15) is 16.1 Å². The van der Waals surface area contributed by atoms with Gasteiger partial charge < -0.3 is 15.5 Å². The lowest BCUT2D eigenvalue weighted by Crippen LogP contribution is -2.23.